The topological polar surface area (TPSA) is 51.2 Å². The van der Waals surface area contributed by atoms with Gasteiger partial charge in [-0.25, -0.2) is 0 Å². The molecule has 5 nitrogen and oxygen atoms in total. The second kappa shape index (κ2) is 8.87. The molecule has 2 rings (SSSR count). The SMILES string of the molecule is CCOc1cccc(N(O)C(=S)OC)c1COc1cc(C)c(C)cc1C. The van der Waals surface area contributed by atoms with Crippen LogP contribution >= 0.6 is 12.2 Å². The van der Waals surface area contributed by atoms with E-state index in [9.17, 15) is 5.21 Å². The summed E-state index contributed by atoms with van der Waals surface area (Å²) >= 11 is 5.03. The van der Waals surface area contributed by atoms with Gasteiger partial charge < -0.3 is 14.2 Å². The Bertz CT molecular complexity index is 792. The number of hydroxylamine groups is 1. The quantitative estimate of drug-likeness (QED) is 0.583. The highest BCUT2D eigenvalue weighted by atomic mass is 32.1. The van der Waals surface area contributed by atoms with Gasteiger partial charge in [-0.3, -0.25) is 5.21 Å². The molecule has 1 N–H and O–H groups in total. The average molecular weight is 375 g/mol. The minimum Gasteiger partial charge on any atom is -0.493 e. The molecule has 0 aliphatic heterocycles. The van der Waals surface area contributed by atoms with E-state index < -0.39 is 0 Å². The zero-order valence-electron chi connectivity index (χ0n) is 15.8. The minimum absolute atomic E-state index is 0.0535. The predicted octanol–water partition coefficient (Wildman–Crippen LogP) is 4.72. The lowest BCUT2D eigenvalue weighted by Crippen LogP contribution is -2.27. The van der Waals surface area contributed by atoms with Crippen LogP contribution in [-0.4, -0.2) is 24.1 Å². The standard InChI is InChI=1S/C20H25NO4S/c1-6-24-18-9-7-8-17(21(22)20(26)23-5)16(18)12-25-19-11-14(3)13(2)10-15(19)4/h7-11,22H,6,12H2,1-5H3. The molecule has 0 bridgehead atoms. The number of aryl methyl sites for hydroxylation is 3. The lowest BCUT2D eigenvalue weighted by Gasteiger charge is -2.22. The summed E-state index contributed by atoms with van der Waals surface area (Å²) in [5.74, 6) is 1.42. The van der Waals surface area contributed by atoms with E-state index in [1.54, 1.807) is 12.1 Å². The van der Waals surface area contributed by atoms with Gasteiger partial charge in [0, 0.05) is 0 Å². The molecule has 0 radical (unpaired) electrons. The molecule has 0 heterocycles. The van der Waals surface area contributed by atoms with Crippen LogP contribution in [0.4, 0.5) is 5.69 Å². The zero-order valence-corrected chi connectivity index (χ0v) is 16.6. The third kappa shape index (κ3) is 4.45. The average Bonchev–Trinajstić information content (AvgIpc) is 2.63. The van der Waals surface area contributed by atoms with E-state index in [4.69, 9.17) is 26.4 Å². The first kappa shape index (κ1) is 20.0. The highest BCUT2D eigenvalue weighted by Gasteiger charge is 2.19. The summed E-state index contributed by atoms with van der Waals surface area (Å²) in [5, 5.41) is 11.1. The Balaban J connectivity index is 2.37. The Morgan fingerprint density at radius 1 is 1.04 bits per heavy atom. The Kier molecular flexibility index (Phi) is 6.83. The summed E-state index contributed by atoms with van der Waals surface area (Å²) in [6.45, 7) is 8.76. The van der Waals surface area contributed by atoms with E-state index >= 15 is 0 Å². The molecule has 6 heteroatoms. The molecule has 2 aromatic rings. The molecular formula is C20H25NO4S. The summed E-state index contributed by atoms with van der Waals surface area (Å²) in [4.78, 5) is 0. The van der Waals surface area contributed by atoms with Crippen molar-refractivity contribution in [2.75, 3.05) is 18.8 Å². The van der Waals surface area contributed by atoms with E-state index in [2.05, 4.69) is 13.0 Å². The Morgan fingerprint density at radius 3 is 2.38 bits per heavy atom. The molecule has 0 saturated heterocycles. The number of rotatable bonds is 6. The molecule has 140 valence electrons. The lowest BCUT2D eigenvalue weighted by molar-refractivity contribution is 0.259. The summed E-state index contributed by atoms with van der Waals surface area (Å²) in [6.07, 6.45) is 0. The molecular weight excluding hydrogens is 350 g/mol. The van der Waals surface area contributed by atoms with E-state index in [0.717, 1.165) is 21.9 Å². The van der Waals surface area contributed by atoms with Crippen molar-refractivity contribution in [2.24, 2.45) is 0 Å². The van der Waals surface area contributed by atoms with Crippen LogP contribution in [0.2, 0.25) is 0 Å². The van der Waals surface area contributed by atoms with Crippen molar-refractivity contribution >= 4 is 23.1 Å². The molecule has 0 fully saturated rings. The van der Waals surface area contributed by atoms with Crippen LogP contribution in [0.1, 0.15) is 29.2 Å². The minimum atomic E-state index is -0.0535. The molecule has 26 heavy (non-hydrogen) atoms. The highest BCUT2D eigenvalue weighted by Crippen LogP contribution is 2.32. The normalized spacial score (nSPS) is 10.4. The largest absolute Gasteiger partial charge is 0.493 e. The van der Waals surface area contributed by atoms with E-state index in [1.165, 1.54) is 12.7 Å². The van der Waals surface area contributed by atoms with Gasteiger partial charge in [-0.15, -0.1) is 0 Å². The Morgan fingerprint density at radius 2 is 1.73 bits per heavy atom. The number of benzene rings is 2. The van der Waals surface area contributed by atoms with Gasteiger partial charge in [0.2, 0.25) is 0 Å². The van der Waals surface area contributed by atoms with Crippen molar-refractivity contribution < 1.29 is 19.4 Å². The maximum atomic E-state index is 10.4. The molecule has 0 amide bonds. The second-order valence-corrected chi connectivity index (χ2v) is 6.31. The van der Waals surface area contributed by atoms with Gasteiger partial charge in [-0.2, -0.15) is 5.06 Å². The Hall–Kier alpha value is -2.31. The molecule has 0 atom stereocenters. The number of methoxy groups -OCH3 is 1. The van der Waals surface area contributed by atoms with Crippen LogP contribution in [0.15, 0.2) is 30.3 Å². The summed E-state index contributed by atoms with van der Waals surface area (Å²) in [7, 11) is 1.41. The smallest absolute Gasteiger partial charge is 0.288 e. The molecule has 0 saturated carbocycles. The number of thiocarbonyl (C=S) groups is 1. The van der Waals surface area contributed by atoms with E-state index in [1.807, 2.05) is 32.9 Å². The number of nitrogens with zero attached hydrogens (tertiary/aromatic N) is 1. The Labute approximate surface area is 160 Å². The summed E-state index contributed by atoms with van der Waals surface area (Å²) in [6, 6.07) is 9.47. The van der Waals surface area contributed by atoms with Gasteiger partial charge in [-0.05, 0) is 74.8 Å². The lowest BCUT2D eigenvalue weighted by atomic mass is 10.1. The van der Waals surface area contributed by atoms with Crippen molar-refractivity contribution in [2.45, 2.75) is 34.3 Å². The summed E-state index contributed by atoms with van der Waals surface area (Å²) < 4.78 is 16.7. The fourth-order valence-corrected chi connectivity index (χ4v) is 2.71. The maximum absolute atomic E-state index is 10.4. The molecule has 0 unspecified atom stereocenters. The molecule has 0 spiro atoms. The third-order valence-electron chi connectivity index (χ3n) is 4.15. The van der Waals surface area contributed by atoms with Gasteiger partial charge in [-0.1, -0.05) is 12.1 Å². The van der Waals surface area contributed by atoms with Gasteiger partial charge in [0.05, 0.1) is 25.0 Å². The zero-order chi connectivity index (χ0) is 19.3. The number of hydrogen-bond acceptors (Lipinski definition) is 5. The van der Waals surface area contributed by atoms with Crippen molar-refractivity contribution in [3.8, 4) is 11.5 Å². The van der Waals surface area contributed by atoms with Crippen LogP contribution in [0.25, 0.3) is 0 Å². The third-order valence-corrected chi connectivity index (χ3v) is 4.49. The highest BCUT2D eigenvalue weighted by molar-refractivity contribution is 7.80. The van der Waals surface area contributed by atoms with Gasteiger partial charge in [0.1, 0.15) is 18.1 Å². The van der Waals surface area contributed by atoms with E-state index in [-0.39, 0.29) is 11.8 Å². The fourth-order valence-electron chi connectivity index (χ4n) is 2.61. The second-order valence-electron chi connectivity index (χ2n) is 5.96. The van der Waals surface area contributed by atoms with Crippen molar-refractivity contribution in [1.82, 2.24) is 0 Å². The monoisotopic (exact) mass is 375 g/mol. The summed E-state index contributed by atoms with van der Waals surface area (Å²) in [5.41, 5.74) is 4.58. The van der Waals surface area contributed by atoms with Crippen LogP contribution in [0.5, 0.6) is 11.5 Å². The number of anilines is 1. The van der Waals surface area contributed by atoms with Crippen molar-refractivity contribution in [3.05, 3.63) is 52.6 Å². The number of ether oxygens (including phenoxy) is 3. The molecule has 0 aromatic heterocycles. The van der Waals surface area contributed by atoms with Crippen LogP contribution < -0.4 is 14.5 Å². The fraction of sp³-hybridized carbons (Fsp3) is 0.350. The van der Waals surface area contributed by atoms with Crippen molar-refractivity contribution in [1.29, 1.82) is 0 Å². The van der Waals surface area contributed by atoms with Crippen LogP contribution in [0, 0.1) is 20.8 Å². The van der Waals surface area contributed by atoms with Crippen LogP contribution in [-0.2, 0) is 11.3 Å². The molecule has 0 aliphatic rings. The first-order chi connectivity index (χ1) is 12.4. The first-order valence-electron chi connectivity index (χ1n) is 8.41. The van der Waals surface area contributed by atoms with Gasteiger partial charge in [0.15, 0.2) is 0 Å². The maximum Gasteiger partial charge on any atom is 0.288 e. The molecule has 2 aromatic carbocycles. The van der Waals surface area contributed by atoms with Gasteiger partial charge in [0.25, 0.3) is 5.17 Å². The number of hydrogen-bond donors (Lipinski definition) is 1. The predicted molar refractivity (Wildman–Crippen MR) is 106 cm³/mol. The first-order valence-corrected chi connectivity index (χ1v) is 8.82. The molecule has 0 aliphatic carbocycles. The van der Waals surface area contributed by atoms with Gasteiger partial charge >= 0.3 is 0 Å². The van der Waals surface area contributed by atoms with Crippen LogP contribution in [0.3, 0.4) is 0 Å². The van der Waals surface area contributed by atoms with Crippen molar-refractivity contribution in [3.63, 3.8) is 0 Å². The van der Waals surface area contributed by atoms with E-state index in [0.29, 0.717) is 23.6 Å².